The van der Waals surface area contributed by atoms with Crippen LogP contribution in [-0.4, -0.2) is 32.1 Å². The van der Waals surface area contributed by atoms with Crippen molar-refractivity contribution in [1.82, 2.24) is 4.31 Å². The van der Waals surface area contributed by atoms with Crippen LogP contribution in [0, 0.1) is 11.8 Å². The van der Waals surface area contributed by atoms with Gasteiger partial charge >= 0.3 is 0 Å². The Labute approximate surface area is 74.8 Å². The lowest BCUT2D eigenvalue weighted by Crippen LogP contribution is -2.40. The maximum atomic E-state index is 11.4. The van der Waals surface area contributed by atoms with Gasteiger partial charge in [0.15, 0.2) is 0 Å². The van der Waals surface area contributed by atoms with E-state index >= 15 is 0 Å². The van der Waals surface area contributed by atoms with Gasteiger partial charge in [-0.15, -0.1) is 0 Å². The quantitative estimate of drug-likeness (QED) is 0.618. The predicted molar refractivity (Wildman–Crippen MR) is 49.4 cm³/mol. The number of rotatable bonds is 1. The third kappa shape index (κ3) is 1.98. The highest BCUT2D eigenvalue weighted by molar-refractivity contribution is 7.89. The minimum absolute atomic E-state index is 0.334. The van der Waals surface area contributed by atoms with Gasteiger partial charge in [-0.05, 0) is 18.3 Å². The minimum atomic E-state index is -2.92. The summed E-state index contributed by atoms with van der Waals surface area (Å²) < 4.78 is 24.3. The molecule has 1 atom stereocenters. The summed E-state index contributed by atoms with van der Waals surface area (Å²) in [7, 11) is -1.26. The van der Waals surface area contributed by atoms with Crippen molar-refractivity contribution >= 4 is 10.0 Å². The summed E-state index contributed by atoms with van der Waals surface area (Å²) in [5.41, 5.74) is 0. The van der Waals surface area contributed by atoms with E-state index in [4.69, 9.17) is 0 Å². The first-order valence-corrected chi connectivity index (χ1v) is 5.98. The Morgan fingerprint density at radius 3 is 2.42 bits per heavy atom. The zero-order valence-corrected chi connectivity index (χ0v) is 8.76. The molecule has 0 spiro atoms. The lowest BCUT2D eigenvalue weighted by molar-refractivity contribution is 0.318. The normalized spacial score (nSPS) is 30.8. The first kappa shape index (κ1) is 9.99. The van der Waals surface area contributed by atoms with Crippen molar-refractivity contribution < 1.29 is 8.42 Å². The van der Waals surface area contributed by atoms with Crippen LogP contribution in [0.15, 0.2) is 0 Å². The molecule has 1 aliphatic heterocycles. The summed E-state index contributed by atoms with van der Waals surface area (Å²) in [5, 5.41) is 0. The Kier molecular flexibility index (Phi) is 2.78. The molecule has 3 nitrogen and oxygen atoms in total. The lowest BCUT2D eigenvalue weighted by Gasteiger charge is -2.30. The number of hydrogen-bond donors (Lipinski definition) is 0. The van der Waals surface area contributed by atoms with Crippen molar-refractivity contribution in [2.45, 2.75) is 20.3 Å². The van der Waals surface area contributed by atoms with E-state index < -0.39 is 10.0 Å². The Morgan fingerprint density at radius 1 is 1.42 bits per heavy atom. The second-order valence-electron chi connectivity index (χ2n) is 3.89. The number of nitrogens with zero attached hydrogens (tertiary/aromatic N) is 1. The maximum absolute atomic E-state index is 11.4. The van der Waals surface area contributed by atoms with E-state index in [9.17, 15) is 8.42 Å². The van der Waals surface area contributed by atoms with Crippen LogP contribution in [0.4, 0.5) is 0 Å². The van der Waals surface area contributed by atoms with Gasteiger partial charge in [-0.25, -0.2) is 12.7 Å². The van der Waals surface area contributed by atoms with Crippen LogP contribution < -0.4 is 0 Å². The van der Waals surface area contributed by atoms with Gasteiger partial charge in [0.2, 0.25) is 10.0 Å². The van der Waals surface area contributed by atoms with Gasteiger partial charge in [-0.2, -0.15) is 0 Å². The molecule has 1 heterocycles. The maximum Gasteiger partial charge on any atom is 0.214 e. The Bertz CT molecular complexity index is 246. The van der Waals surface area contributed by atoms with Crippen LogP contribution >= 0.6 is 0 Å². The molecule has 12 heavy (non-hydrogen) atoms. The molecule has 0 amide bonds. The van der Waals surface area contributed by atoms with Gasteiger partial charge in [0.1, 0.15) is 0 Å². The molecule has 0 N–H and O–H groups in total. The zero-order valence-electron chi connectivity index (χ0n) is 7.95. The van der Waals surface area contributed by atoms with E-state index in [0.717, 1.165) is 6.42 Å². The smallest absolute Gasteiger partial charge is 0.212 e. The van der Waals surface area contributed by atoms with E-state index in [2.05, 4.69) is 13.8 Å². The summed E-state index contributed by atoms with van der Waals surface area (Å²) in [6.45, 7) is 4.86. The Hall–Kier alpha value is -0.0900. The molecular weight excluding hydrogens is 174 g/mol. The highest BCUT2D eigenvalue weighted by atomic mass is 32.2. The molecule has 0 aromatic heterocycles. The second kappa shape index (κ2) is 3.34. The molecule has 0 radical (unpaired) electrons. The van der Waals surface area contributed by atoms with Gasteiger partial charge in [0, 0.05) is 13.6 Å². The van der Waals surface area contributed by atoms with E-state index in [0.29, 0.717) is 24.1 Å². The van der Waals surface area contributed by atoms with Crippen LogP contribution in [0.2, 0.25) is 0 Å². The Morgan fingerprint density at radius 2 is 2.00 bits per heavy atom. The SMILES string of the molecule is CC(C)C1CCN(C)S(=O)(=O)C1. The van der Waals surface area contributed by atoms with Gasteiger partial charge < -0.3 is 0 Å². The molecule has 1 fully saturated rings. The predicted octanol–water partition coefficient (Wildman–Crippen LogP) is 0.924. The number of hydrogen-bond acceptors (Lipinski definition) is 2. The van der Waals surface area contributed by atoms with Gasteiger partial charge in [-0.3, -0.25) is 0 Å². The van der Waals surface area contributed by atoms with Crippen LogP contribution in [-0.2, 0) is 10.0 Å². The summed E-state index contributed by atoms with van der Waals surface area (Å²) in [5.74, 6) is 1.17. The van der Waals surface area contributed by atoms with Crippen LogP contribution in [0.3, 0.4) is 0 Å². The van der Waals surface area contributed by atoms with Gasteiger partial charge in [0.05, 0.1) is 5.75 Å². The lowest BCUT2D eigenvalue weighted by atomic mass is 9.94. The monoisotopic (exact) mass is 191 g/mol. The third-order valence-electron chi connectivity index (χ3n) is 2.66. The molecule has 1 saturated heterocycles. The first-order chi connectivity index (χ1) is 5.43. The van der Waals surface area contributed by atoms with Crippen molar-refractivity contribution in [3.63, 3.8) is 0 Å². The molecule has 0 bridgehead atoms. The van der Waals surface area contributed by atoms with Gasteiger partial charge in [-0.1, -0.05) is 13.8 Å². The largest absolute Gasteiger partial charge is 0.214 e. The van der Waals surface area contributed by atoms with Crippen molar-refractivity contribution in [3.05, 3.63) is 0 Å². The van der Waals surface area contributed by atoms with Crippen LogP contribution in [0.5, 0.6) is 0 Å². The van der Waals surface area contributed by atoms with Gasteiger partial charge in [0.25, 0.3) is 0 Å². The number of sulfonamides is 1. The average molecular weight is 191 g/mol. The van der Waals surface area contributed by atoms with E-state index in [1.54, 1.807) is 7.05 Å². The molecule has 1 aliphatic rings. The summed E-state index contributed by atoms with van der Waals surface area (Å²) in [4.78, 5) is 0. The van der Waals surface area contributed by atoms with Crippen LogP contribution in [0.25, 0.3) is 0 Å². The topological polar surface area (TPSA) is 37.4 Å². The fourth-order valence-corrected chi connectivity index (χ4v) is 3.22. The standard InChI is InChI=1S/C8H17NO2S/c1-7(2)8-4-5-9(3)12(10,11)6-8/h7-8H,4-6H2,1-3H3. The van der Waals surface area contributed by atoms with E-state index in [-0.39, 0.29) is 0 Å². The van der Waals surface area contributed by atoms with Crippen molar-refractivity contribution in [2.75, 3.05) is 19.3 Å². The molecule has 4 heteroatoms. The highest BCUT2D eigenvalue weighted by Gasteiger charge is 2.30. The van der Waals surface area contributed by atoms with Crippen molar-refractivity contribution in [2.24, 2.45) is 11.8 Å². The summed E-state index contributed by atoms with van der Waals surface area (Å²) in [6, 6.07) is 0. The van der Waals surface area contributed by atoms with Crippen molar-refractivity contribution in [3.8, 4) is 0 Å². The molecular formula is C8H17NO2S. The third-order valence-corrected chi connectivity index (χ3v) is 4.64. The van der Waals surface area contributed by atoms with Crippen LogP contribution in [0.1, 0.15) is 20.3 Å². The molecule has 1 unspecified atom stereocenters. The zero-order chi connectivity index (χ0) is 9.35. The Balaban J connectivity index is 2.70. The molecule has 72 valence electrons. The average Bonchev–Trinajstić information content (AvgIpc) is 1.94. The fourth-order valence-electron chi connectivity index (χ4n) is 1.49. The molecule has 0 aromatic rings. The minimum Gasteiger partial charge on any atom is -0.212 e. The molecule has 0 aromatic carbocycles. The molecule has 0 aliphatic carbocycles. The summed E-state index contributed by atoms with van der Waals surface area (Å²) in [6.07, 6.45) is 1.01. The molecule has 1 rings (SSSR count). The highest BCUT2D eigenvalue weighted by Crippen LogP contribution is 2.23. The fraction of sp³-hybridized carbons (Fsp3) is 1.00. The van der Waals surface area contributed by atoms with E-state index in [1.807, 2.05) is 0 Å². The first-order valence-electron chi connectivity index (χ1n) is 4.37. The summed E-state index contributed by atoms with van der Waals surface area (Å²) >= 11 is 0. The second-order valence-corrected chi connectivity index (χ2v) is 6.01. The van der Waals surface area contributed by atoms with Crippen molar-refractivity contribution in [1.29, 1.82) is 0 Å². The molecule has 0 saturated carbocycles. The van der Waals surface area contributed by atoms with E-state index in [1.165, 1.54) is 4.31 Å².